The first-order valence-electron chi connectivity index (χ1n) is 12.7. The number of aryl methyl sites for hydroxylation is 1. The summed E-state index contributed by atoms with van der Waals surface area (Å²) in [5.74, 6) is 0.691. The molecule has 0 saturated carbocycles. The number of H-pyrrole nitrogens is 1. The second-order valence-corrected chi connectivity index (χ2v) is 9.76. The van der Waals surface area contributed by atoms with Crippen molar-refractivity contribution in [3.05, 3.63) is 81.9 Å². The van der Waals surface area contributed by atoms with Crippen molar-refractivity contribution >= 4 is 16.6 Å². The number of aromatic amines is 1. The molecule has 0 bridgehead atoms. The van der Waals surface area contributed by atoms with Crippen LogP contribution < -0.4 is 10.5 Å². The molecule has 2 aliphatic heterocycles. The molecular weight excluding hydrogens is 454 g/mol. The summed E-state index contributed by atoms with van der Waals surface area (Å²) in [6.45, 7) is 6.73. The molecule has 186 valence electrons. The fraction of sp³-hybridized carbons (Fsp3) is 0.407. The number of para-hydroxylation sites is 1. The van der Waals surface area contributed by atoms with Crippen molar-refractivity contribution in [2.45, 2.75) is 38.5 Å². The molecule has 9 heteroatoms. The lowest BCUT2D eigenvalue weighted by molar-refractivity contribution is 0.0906. The van der Waals surface area contributed by atoms with Crippen molar-refractivity contribution in [3.63, 3.8) is 0 Å². The van der Waals surface area contributed by atoms with Crippen LogP contribution in [0.3, 0.4) is 0 Å². The van der Waals surface area contributed by atoms with Crippen LogP contribution >= 0.6 is 0 Å². The van der Waals surface area contributed by atoms with Crippen LogP contribution in [0.2, 0.25) is 0 Å². The first kappa shape index (κ1) is 22.9. The zero-order valence-electron chi connectivity index (χ0n) is 20.5. The number of hydrogen-bond acceptors (Lipinski definition) is 7. The highest BCUT2D eigenvalue weighted by Gasteiger charge is 2.33. The second kappa shape index (κ2) is 9.83. The van der Waals surface area contributed by atoms with E-state index in [4.69, 9.17) is 4.74 Å². The minimum Gasteiger partial charge on any atom is -0.376 e. The molecule has 4 heterocycles. The van der Waals surface area contributed by atoms with Crippen molar-refractivity contribution in [1.29, 1.82) is 0 Å². The molecule has 4 aromatic rings. The van der Waals surface area contributed by atoms with Gasteiger partial charge in [-0.05, 0) is 65.9 Å². The number of tetrazole rings is 1. The van der Waals surface area contributed by atoms with E-state index in [9.17, 15) is 4.79 Å². The lowest BCUT2D eigenvalue weighted by Gasteiger charge is -2.39. The molecule has 2 atom stereocenters. The van der Waals surface area contributed by atoms with Gasteiger partial charge in [-0.1, -0.05) is 29.8 Å². The quantitative estimate of drug-likeness (QED) is 0.449. The van der Waals surface area contributed by atoms with Crippen LogP contribution in [0, 0.1) is 6.92 Å². The maximum atomic E-state index is 13.4. The van der Waals surface area contributed by atoms with E-state index in [0.29, 0.717) is 17.9 Å². The number of anilines is 1. The van der Waals surface area contributed by atoms with E-state index >= 15 is 0 Å². The maximum absolute atomic E-state index is 13.4. The highest BCUT2D eigenvalue weighted by molar-refractivity contribution is 5.79. The van der Waals surface area contributed by atoms with Gasteiger partial charge in [0.2, 0.25) is 0 Å². The molecule has 2 fully saturated rings. The monoisotopic (exact) mass is 485 g/mol. The molecule has 2 aliphatic rings. The van der Waals surface area contributed by atoms with E-state index in [-0.39, 0.29) is 17.7 Å². The molecule has 2 unspecified atom stereocenters. The van der Waals surface area contributed by atoms with Gasteiger partial charge in [0.15, 0.2) is 5.82 Å². The van der Waals surface area contributed by atoms with Crippen LogP contribution in [-0.2, 0) is 11.3 Å². The van der Waals surface area contributed by atoms with Crippen molar-refractivity contribution < 1.29 is 4.74 Å². The molecule has 2 aromatic heterocycles. The summed E-state index contributed by atoms with van der Waals surface area (Å²) >= 11 is 0. The third-order valence-corrected chi connectivity index (χ3v) is 7.33. The summed E-state index contributed by atoms with van der Waals surface area (Å²) in [4.78, 5) is 21.3. The highest BCUT2D eigenvalue weighted by atomic mass is 16.5. The number of rotatable bonds is 6. The van der Waals surface area contributed by atoms with Crippen LogP contribution in [-0.4, -0.2) is 69.0 Å². The first-order valence-corrected chi connectivity index (χ1v) is 12.7. The van der Waals surface area contributed by atoms with E-state index in [2.05, 4.69) is 67.6 Å². The number of fused-ring (bicyclic) bond motifs is 1. The van der Waals surface area contributed by atoms with Crippen LogP contribution in [0.1, 0.15) is 35.8 Å². The van der Waals surface area contributed by atoms with E-state index in [0.717, 1.165) is 62.1 Å². The summed E-state index contributed by atoms with van der Waals surface area (Å²) in [5.41, 5.74) is 3.77. The third-order valence-electron chi connectivity index (χ3n) is 7.33. The van der Waals surface area contributed by atoms with E-state index in [1.54, 1.807) is 0 Å². The SMILES string of the molecule is Cc1ccc2[nH]c(=O)c(C(c3nnnn3CC3CCCO3)N3CCN(c4ccccc4)CC3)cc2c1. The Balaban J connectivity index is 1.37. The molecule has 1 N–H and O–H groups in total. The molecule has 0 aliphatic carbocycles. The smallest absolute Gasteiger partial charge is 0.253 e. The second-order valence-electron chi connectivity index (χ2n) is 9.76. The fourth-order valence-electron chi connectivity index (χ4n) is 5.44. The van der Waals surface area contributed by atoms with Gasteiger partial charge >= 0.3 is 0 Å². The van der Waals surface area contributed by atoms with E-state index in [1.165, 1.54) is 5.69 Å². The molecule has 2 saturated heterocycles. The standard InChI is InChI=1S/C27H31N7O2/c1-19-9-10-24-20(16-19)17-23(27(35)28-24)25(26-29-30-31-34(26)18-22-8-5-15-36-22)33-13-11-32(12-14-33)21-6-3-2-4-7-21/h2-4,6-7,9-10,16-17,22,25H,5,8,11-15,18H2,1H3,(H,28,35). The molecule has 6 rings (SSSR count). The number of hydrogen-bond donors (Lipinski definition) is 1. The molecule has 0 amide bonds. The van der Waals surface area contributed by atoms with Gasteiger partial charge in [-0.2, -0.15) is 0 Å². The molecule has 0 radical (unpaired) electrons. The van der Waals surface area contributed by atoms with Gasteiger partial charge in [-0.3, -0.25) is 9.69 Å². The predicted octanol–water partition coefficient (Wildman–Crippen LogP) is 2.91. The van der Waals surface area contributed by atoms with E-state index < -0.39 is 0 Å². The molecule has 36 heavy (non-hydrogen) atoms. The van der Waals surface area contributed by atoms with Gasteiger partial charge in [0.1, 0.15) is 6.04 Å². The number of benzene rings is 2. The Morgan fingerprint density at radius 3 is 2.69 bits per heavy atom. The zero-order chi connectivity index (χ0) is 24.5. The number of ether oxygens (including phenoxy) is 1. The first-order chi connectivity index (χ1) is 17.7. The summed E-state index contributed by atoms with van der Waals surface area (Å²) < 4.78 is 7.70. The Kier molecular flexibility index (Phi) is 6.25. The predicted molar refractivity (Wildman–Crippen MR) is 138 cm³/mol. The van der Waals surface area contributed by atoms with Gasteiger partial charge in [-0.15, -0.1) is 5.10 Å². The van der Waals surface area contributed by atoms with Crippen molar-refractivity contribution in [2.24, 2.45) is 0 Å². The number of nitrogens with zero attached hydrogens (tertiary/aromatic N) is 6. The van der Waals surface area contributed by atoms with Crippen LogP contribution in [0.15, 0.2) is 59.4 Å². The Morgan fingerprint density at radius 2 is 1.92 bits per heavy atom. The van der Waals surface area contributed by atoms with Crippen molar-refractivity contribution in [3.8, 4) is 0 Å². The summed E-state index contributed by atoms with van der Waals surface area (Å²) in [6, 6.07) is 18.2. The number of pyridine rings is 1. The fourth-order valence-corrected chi connectivity index (χ4v) is 5.44. The number of aromatic nitrogens is 5. The maximum Gasteiger partial charge on any atom is 0.253 e. The summed E-state index contributed by atoms with van der Waals surface area (Å²) in [7, 11) is 0. The minimum absolute atomic E-state index is 0.0976. The Labute approximate surface area is 209 Å². The largest absolute Gasteiger partial charge is 0.376 e. The Bertz CT molecular complexity index is 1390. The third kappa shape index (κ3) is 4.52. The number of nitrogens with one attached hydrogen (secondary N) is 1. The van der Waals surface area contributed by atoms with Crippen LogP contribution in [0.4, 0.5) is 5.69 Å². The zero-order valence-corrected chi connectivity index (χ0v) is 20.5. The lowest BCUT2D eigenvalue weighted by atomic mass is 10.0. The van der Waals surface area contributed by atoms with Crippen molar-refractivity contribution in [1.82, 2.24) is 30.1 Å². The average molecular weight is 486 g/mol. The van der Waals surface area contributed by atoms with Crippen LogP contribution in [0.25, 0.3) is 10.9 Å². The molecule has 9 nitrogen and oxygen atoms in total. The van der Waals surface area contributed by atoms with Crippen molar-refractivity contribution in [2.75, 3.05) is 37.7 Å². The minimum atomic E-state index is -0.354. The van der Waals surface area contributed by atoms with Gasteiger partial charge in [-0.25, -0.2) is 4.68 Å². The number of piperazine rings is 1. The van der Waals surface area contributed by atoms with Crippen LogP contribution in [0.5, 0.6) is 0 Å². The topological polar surface area (TPSA) is 92.2 Å². The molecule has 2 aromatic carbocycles. The normalized spacial score (nSPS) is 19.7. The molecular formula is C27H31N7O2. The average Bonchev–Trinajstić information content (AvgIpc) is 3.59. The molecule has 0 spiro atoms. The van der Waals surface area contributed by atoms with Gasteiger partial charge in [0.25, 0.3) is 5.56 Å². The summed E-state index contributed by atoms with van der Waals surface area (Å²) in [5, 5.41) is 13.8. The van der Waals surface area contributed by atoms with E-state index in [1.807, 2.05) is 28.9 Å². The highest BCUT2D eigenvalue weighted by Crippen LogP contribution is 2.29. The lowest BCUT2D eigenvalue weighted by Crippen LogP contribution is -2.49. The van der Waals surface area contributed by atoms with Gasteiger partial charge < -0.3 is 14.6 Å². The van der Waals surface area contributed by atoms with Gasteiger partial charge in [0, 0.05) is 49.6 Å². The Hall–Kier alpha value is -3.56. The van der Waals surface area contributed by atoms with Gasteiger partial charge in [0.05, 0.1) is 12.6 Å². The Morgan fingerprint density at radius 1 is 1.08 bits per heavy atom. The summed E-state index contributed by atoms with van der Waals surface area (Å²) in [6.07, 6.45) is 2.15.